The van der Waals surface area contributed by atoms with Crippen LogP contribution in [0.25, 0.3) is 0 Å². The number of hydrogen-bond acceptors (Lipinski definition) is 10. The van der Waals surface area contributed by atoms with E-state index < -0.39 is 57.5 Å². The highest BCUT2D eigenvalue weighted by Gasteiger charge is 2.47. The molecule has 36 heavy (non-hydrogen) atoms. The quantitative estimate of drug-likeness (QED) is 0.191. The fourth-order valence-corrected chi connectivity index (χ4v) is 6.58. The Morgan fingerprint density at radius 2 is 1.42 bits per heavy atom. The van der Waals surface area contributed by atoms with Crippen molar-refractivity contribution >= 4 is 43.2 Å². The third kappa shape index (κ3) is 10.3. The number of hydrogen-bond donors (Lipinski definition) is 3. The van der Waals surface area contributed by atoms with Crippen LogP contribution in [0.2, 0.25) is 0 Å². The molecule has 0 spiro atoms. The van der Waals surface area contributed by atoms with E-state index in [1.165, 1.54) is 39.8 Å². The normalized spacial score (nSPS) is 16.3. The Morgan fingerprint density at radius 3 is 1.86 bits per heavy atom. The van der Waals surface area contributed by atoms with E-state index in [0.717, 1.165) is 0 Å². The van der Waals surface area contributed by atoms with Gasteiger partial charge in [0, 0.05) is 4.47 Å². The topological polar surface area (TPSA) is 167 Å². The molecule has 3 N–H and O–H groups in total. The molecule has 0 aliphatic carbocycles. The molecule has 0 bridgehead atoms. The molecular formula is C21H34BrNO11P2. The van der Waals surface area contributed by atoms with Crippen LogP contribution < -0.4 is 5.09 Å². The fourth-order valence-electron chi connectivity index (χ4n) is 2.76. The summed E-state index contributed by atoms with van der Waals surface area (Å²) >= 11 is 3.26. The molecule has 4 atom stereocenters. The largest absolute Gasteiger partial charge is 0.461 e. The van der Waals surface area contributed by atoms with Crippen LogP contribution in [0.4, 0.5) is 0 Å². The summed E-state index contributed by atoms with van der Waals surface area (Å²) in [5.41, 5.74) is 0.110. The zero-order valence-corrected chi connectivity index (χ0v) is 24.3. The summed E-state index contributed by atoms with van der Waals surface area (Å²) in [6, 6.07) is 5.97. The minimum Gasteiger partial charge on any atom is -0.461 e. The van der Waals surface area contributed by atoms with Crippen LogP contribution in [-0.2, 0) is 41.8 Å². The summed E-state index contributed by atoms with van der Waals surface area (Å²) in [6.07, 6.45) is -5.90. The Morgan fingerprint density at radius 1 is 0.944 bits per heavy atom. The number of ether oxygens (including phenoxy) is 2. The van der Waals surface area contributed by atoms with Crippen molar-refractivity contribution < 1.29 is 51.8 Å². The molecule has 0 aliphatic rings. The Hall–Kier alpha value is -1.14. The maximum absolute atomic E-state index is 13.6. The predicted octanol–water partition coefficient (Wildman–Crippen LogP) is 4.05. The maximum Gasteiger partial charge on any atom is 0.406 e. The monoisotopic (exact) mass is 617 g/mol. The summed E-state index contributed by atoms with van der Waals surface area (Å²) in [4.78, 5) is 36.0. The fraction of sp³-hybridized carbons (Fsp3) is 0.619. The molecule has 1 unspecified atom stereocenters. The van der Waals surface area contributed by atoms with E-state index in [9.17, 15) is 28.7 Å². The van der Waals surface area contributed by atoms with Crippen molar-refractivity contribution in [3.63, 3.8) is 0 Å². The van der Waals surface area contributed by atoms with Crippen molar-refractivity contribution in [1.82, 2.24) is 5.09 Å². The number of rotatable bonds is 15. The lowest BCUT2D eigenvalue weighted by Crippen LogP contribution is -2.44. The van der Waals surface area contributed by atoms with Crippen LogP contribution in [0.1, 0.15) is 52.9 Å². The number of halogens is 1. The summed E-state index contributed by atoms with van der Waals surface area (Å²) in [5, 5.41) is 12.9. The minimum absolute atomic E-state index is 0.0585. The van der Waals surface area contributed by atoms with Gasteiger partial charge in [-0.15, -0.1) is 0 Å². The van der Waals surface area contributed by atoms with Crippen molar-refractivity contribution in [2.24, 2.45) is 0 Å². The first-order chi connectivity index (χ1) is 16.7. The lowest BCUT2D eigenvalue weighted by molar-refractivity contribution is -0.175. The molecule has 0 aliphatic heterocycles. The van der Waals surface area contributed by atoms with E-state index in [-0.39, 0.29) is 18.8 Å². The lowest BCUT2D eigenvalue weighted by atomic mass is 10.2. The van der Waals surface area contributed by atoms with Crippen LogP contribution in [-0.4, -0.2) is 59.6 Å². The zero-order valence-electron chi connectivity index (χ0n) is 21.0. The van der Waals surface area contributed by atoms with Gasteiger partial charge in [-0.05, 0) is 59.2 Å². The van der Waals surface area contributed by atoms with Crippen molar-refractivity contribution in [1.29, 1.82) is 0 Å². The molecule has 0 amide bonds. The van der Waals surface area contributed by atoms with Crippen LogP contribution in [0.5, 0.6) is 0 Å². The van der Waals surface area contributed by atoms with Crippen molar-refractivity contribution in [2.75, 3.05) is 13.2 Å². The Balaban J connectivity index is 3.50. The smallest absolute Gasteiger partial charge is 0.406 e. The summed E-state index contributed by atoms with van der Waals surface area (Å²) < 4.78 is 52.9. The van der Waals surface area contributed by atoms with Gasteiger partial charge in [0.15, 0.2) is 6.10 Å². The van der Waals surface area contributed by atoms with Gasteiger partial charge in [-0.3, -0.25) is 18.1 Å². The summed E-state index contributed by atoms with van der Waals surface area (Å²) in [5.74, 6) is -4.31. The number of esters is 2. The summed E-state index contributed by atoms with van der Waals surface area (Å²) in [6.45, 7) is 9.00. The molecular weight excluding hydrogens is 584 g/mol. The maximum atomic E-state index is 13.6. The standard InChI is InChI=1S/C21H34BrNO11P2/c1-7-30-36(29,31-8-2)23-19(15-9-11-16(22)12-10-15)35(27,28)34-18(21(26)33-14(5)6)17(24)20(25)32-13(3)4/h9-14,17-19,24H,7-8H2,1-6H3,(H,23,29)(H,27,28)/t17-,18-,19+/m1/s1. The number of aliphatic hydroxyl groups is 1. The molecule has 0 fully saturated rings. The lowest BCUT2D eigenvalue weighted by Gasteiger charge is -2.30. The van der Waals surface area contributed by atoms with Crippen molar-refractivity contribution in [3.8, 4) is 0 Å². The molecule has 12 nitrogen and oxygen atoms in total. The van der Waals surface area contributed by atoms with Gasteiger partial charge in [0.25, 0.3) is 0 Å². The second-order valence-corrected chi connectivity index (χ2v) is 12.5. The van der Waals surface area contributed by atoms with E-state index >= 15 is 0 Å². The highest BCUT2D eigenvalue weighted by Crippen LogP contribution is 2.61. The zero-order chi connectivity index (χ0) is 27.7. The number of nitrogens with one attached hydrogen (secondary N) is 1. The van der Waals surface area contributed by atoms with E-state index in [0.29, 0.717) is 4.47 Å². The molecule has 15 heteroatoms. The molecule has 0 aromatic heterocycles. The van der Waals surface area contributed by atoms with Gasteiger partial charge in [0.05, 0.1) is 25.4 Å². The average Bonchev–Trinajstić information content (AvgIpc) is 2.75. The Bertz CT molecular complexity index is 948. The molecule has 0 heterocycles. The van der Waals surface area contributed by atoms with Gasteiger partial charge in [0.1, 0.15) is 5.78 Å². The first kappa shape index (κ1) is 32.9. The second kappa shape index (κ2) is 14.7. The molecule has 1 aromatic rings. The van der Waals surface area contributed by atoms with Crippen molar-refractivity contribution in [2.45, 2.75) is 71.7 Å². The number of aliphatic hydroxyl groups excluding tert-OH is 1. The molecule has 0 saturated heterocycles. The second-order valence-electron chi connectivity index (χ2n) is 7.92. The third-order valence-electron chi connectivity index (χ3n) is 4.12. The van der Waals surface area contributed by atoms with E-state index in [2.05, 4.69) is 21.0 Å². The molecule has 0 saturated carbocycles. The molecule has 0 radical (unpaired) electrons. The van der Waals surface area contributed by atoms with Crippen LogP contribution >= 0.6 is 31.3 Å². The van der Waals surface area contributed by atoms with Gasteiger partial charge in [-0.1, -0.05) is 28.1 Å². The van der Waals surface area contributed by atoms with Gasteiger partial charge >= 0.3 is 27.3 Å². The van der Waals surface area contributed by atoms with E-state index in [4.69, 9.17) is 23.0 Å². The first-order valence-electron chi connectivity index (χ1n) is 11.2. The third-order valence-corrected chi connectivity index (χ3v) is 8.23. The summed E-state index contributed by atoms with van der Waals surface area (Å²) in [7, 11) is -9.24. The van der Waals surface area contributed by atoms with Gasteiger partial charge < -0.3 is 19.5 Å². The molecule has 1 aromatic carbocycles. The van der Waals surface area contributed by atoms with Crippen molar-refractivity contribution in [3.05, 3.63) is 34.3 Å². The Kier molecular flexibility index (Phi) is 13.4. The number of carbonyl (C=O) groups excluding carboxylic acids is 2. The molecule has 1 rings (SSSR count). The first-order valence-corrected chi connectivity index (χ1v) is 15.2. The van der Waals surface area contributed by atoms with Gasteiger partial charge in [0.2, 0.25) is 6.10 Å². The predicted molar refractivity (Wildman–Crippen MR) is 134 cm³/mol. The SMILES string of the molecule is CCOP(=O)(N[C@H](c1ccc(Br)cc1)P(=O)(O)O[C@@H](C(=O)OC(C)C)[C@@H](O)C(=O)OC(C)C)OCC. The van der Waals surface area contributed by atoms with E-state index in [1.54, 1.807) is 26.0 Å². The highest BCUT2D eigenvalue weighted by molar-refractivity contribution is 9.10. The van der Waals surface area contributed by atoms with Crippen LogP contribution in [0.15, 0.2) is 28.7 Å². The Labute approximate surface area is 219 Å². The minimum atomic E-state index is -5.09. The number of benzene rings is 1. The van der Waals surface area contributed by atoms with Gasteiger partial charge in [-0.25, -0.2) is 19.2 Å². The van der Waals surface area contributed by atoms with Crippen LogP contribution in [0, 0.1) is 0 Å². The van der Waals surface area contributed by atoms with Gasteiger partial charge in [-0.2, -0.15) is 0 Å². The highest BCUT2D eigenvalue weighted by atomic mass is 79.9. The number of carbonyl (C=O) groups is 2. The van der Waals surface area contributed by atoms with Crippen LogP contribution in [0.3, 0.4) is 0 Å². The average molecular weight is 618 g/mol. The van der Waals surface area contributed by atoms with E-state index in [1.807, 2.05) is 0 Å². The molecule has 206 valence electrons.